The number of ether oxygens (including phenoxy) is 3. The number of benzene rings is 1. The van der Waals surface area contributed by atoms with Crippen molar-refractivity contribution < 1.29 is 14.2 Å². The molecule has 0 spiro atoms. The van der Waals surface area contributed by atoms with Crippen LogP contribution in [0.3, 0.4) is 0 Å². The number of nitroso groups, excluding NO2 is 1. The van der Waals surface area contributed by atoms with Crippen LogP contribution in [-0.4, -0.2) is 19.8 Å². The molecule has 1 atom stereocenters. The van der Waals surface area contributed by atoms with E-state index in [9.17, 15) is 4.91 Å². The molecule has 1 aromatic carbocycles. The maximum Gasteiger partial charge on any atom is 0.162 e. The summed E-state index contributed by atoms with van der Waals surface area (Å²) in [5.41, 5.74) is 1.17. The molecule has 0 saturated carbocycles. The van der Waals surface area contributed by atoms with Gasteiger partial charge in [0.1, 0.15) is 18.1 Å². The van der Waals surface area contributed by atoms with E-state index in [4.69, 9.17) is 14.2 Å². The molecule has 0 amide bonds. The van der Waals surface area contributed by atoms with Crippen molar-refractivity contribution in [2.45, 2.75) is 20.0 Å². The number of hydrogen-bond acceptors (Lipinski definition) is 5. The number of fused-ring (bicyclic) bond motifs is 1. The number of allylic oxidation sites excluding steroid dienone is 3. The van der Waals surface area contributed by atoms with Gasteiger partial charge in [0.2, 0.25) is 0 Å². The minimum Gasteiger partial charge on any atom is -0.495 e. The van der Waals surface area contributed by atoms with Crippen LogP contribution in [0.4, 0.5) is 0 Å². The van der Waals surface area contributed by atoms with E-state index in [-0.39, 0.29) is 11.8 Å². The van der Waals surface area contributed by atoms with E-state index in [2.05, 4.69) is 5.18 Å². The van der Waals surface area contributed by atoms with Gasteiger partial charge in [-0.3, -0.25) is 0 Å². The molecule has 2 rings (SSSR count). The summed E-state index contributed by atoms with van der Waals surface area (Å²) in [5, 5.41) is 2.98. The van der Waals surface area contributed by atoms with Crippen LogP contribution in [0.1, 0.15) is 13.8 Å². The average molecular weight is 301 g/mol. The highest BCUT2D eigenvalue weighted by atomic mass is 16.6. The normalized spacial score (nSPS) is 18.9. The van der Waals surface area contributed by atoms with Crippen LogP contribution in [0.2, 0.25) is 0 Å². The first-order valence-corrected chi connectivity index (χ1v) is 7.00. The molecule has 0 radical (unpaired) electrons. The van der Waals surface area contributed by atoms with Gasteiger partial charge >= 0.3 is 0 Å². The Morgan fingerprint density at radius 3 is 2.68 bits per heavy atom. The summed E-state index contributed by atoms with van der Waals surface area (Å²) in [6.07, 6.45) is 4.90. The van der Waals surface area contributed by atoms with Crippen LogP contribution in [0, 0.1) is 4.91 Å². The Balaban J connectivity index is 2.15. The third-order valence-electron chi connectivity index (χ3n) is 3.35. The van der Waals surface area contributed by atoms with Crippen LogP contribution in [0.5, 0.6) is 11.5 Å². The van der Waals surface area contributed by atoms with E-state index in [1.54, 1.807) is 25.2 Å². The molecule has 5 heteroatoms. The molecular formula is C17H19NO4. The Kier molecular flexibility index (Phi) is 5.36. The second-order valence-corrected chi connectivity index (χ2v) is 4.78. The van der Waals surface area contributed by atoms with Gasteiger partial charge in [-0.1, -0.05) is 18.2 Å². The maximum atomic E-state index is 10.9. The number of hydrogen-bond donors (Lipinski definition) is 0. The Morgan fingerprint density at radius 2 is 2.05 bits per heavy atom. The molecule has 0 aromatic heterocycles. The molecule has 0 unspecified atom stereocenters. The summed E-state index contributed by atoms with van der Waals surface area (Å²) in [4.78, 5) is 10.9. The van der Waals surface area contributed by atoms with Crippen molar-refractivity contribution in [3.05, 3.63) is 64.4 Å². The lowest BCUT2D eigenvalue weighted by Crippen LogP contribution is -2.30. The molecule has 22 heavy (non-hydrogen) atoms. The zero-order valence-electron chi connectivity index (χ0n) is 12.9. The number of rotatable bonds is 5. The van der Waals surface area contributed by atoms with Crippen molar-refractivity contribution in [2.75, 3.05) is 13.7 Å². The van der Waals surface area contributed by atoms with Gasteiger partial charge in [0, 0.05) is 0 Å². The van der Waals surface area contributed by atoms with Crippen molar-refractivity contribution in [1.82, 2.24) is 0 Å². The highest BCUT2D eigenvalue weighted by molar-refractivity contribution is 5.42. The molecule has 0 bridgehead atoms. The van der Waals surface area contributed by atoms with Crippen molar-refractivity contribution in [3.8, 4) is 11.5 Å². The van der Waals surface area contributed by atoms with E-state index in [0.29, 0.717) is 12.4 Å². The summed E-state index contributed by atoms with van der Waals surface area (Å²) in [5.74, 6) is 1.90. The maximum absolute atomic E-state index is 10.9. The Hall–Kier alpha value is -2.56. The average Bonchev–Trinajstić information content (AvgIpc) is 2.57. The predicted molar refractivity (Wildman–Crippen MR) is 84.8 cm³/mol. The van der Waals surface area contributed by atoms with E-state index < -0.39 is 0 Å². The molecule has 1 aliphatic heterocycles. The standard InChI is InChI=1S/C17H19NO4/c1-4-14(20-3)13(18-19)10-9-12(2)17-11-21-15-7-5-6-8-16(15)22-17/h4-10,17H,11H2,1-3H3/b12-9+,13-10+,14-4+/t17-/m1/s1. The smallest absolute Gasteiger partial charge is 0.162 e. The molecule has 116 valence electrons. The molecule has 0 saturated heterocycles. The Labute approximate surface area is 129 Å². The second kappa shape index (κ2) is 7.45. The fourth-order valence-corrected chi connectivity index (χ4v) is 2.09. The van der Waals surface area contributed by atoms with E-state index in [0.717, 1.165) is 17.1 Å². The Bertz CT molecular complexity index is 631. The van der Waals surface area contributed by atoms with Gasteiger partial charge in [-0.15, -0.1) is 4.91 Å². The zero-order chi connectivity index (χ0) is 15.9. The van der Waals surface area contributed by atoms with Crippen LogP contribution < -0.4 is 9.47 Å². The quantitative estimate of drug-likeness (QED) is 0.469. The van der Waals surface area contributed by atoms with Gasteiger partial charge in [0.05, 0.1) is 7.11 Å². The number of para-hydroxylation sites is 2. The first-order valence-electron chi connectivity index (χ1n) is 7.00. The predicted octanol–water partition coefficient (Wildman–Crippen LogP) is 3.97. The molecule has 0 aliphatic carbocycles. The van der Waals surface area contributed by atoms with E-state index in [1.807, 2.05) is 31.2 Å². The van der Waals surface area contributed by atoms with Gasteiger partial charge in [0.15, 0.2) is 17.6 Å². The first kappa shape index (κ1) is 15.8. The third-order valence-corrected chi connectivity index (χ3v) is 3.35. The van der Waals surface area contributed by atoms with Crippen molar-refractivity contribution >= 4 is 0 Å². The van der Waals surface area contributed by atoms with Crippen molar-refractivity contribution in [2.24, 2.45) is 5.18 Å². The molecule has 1 aromatic rings. The lowest BCUT2D eigenvalue weighted by molar-refractivity contribution is 0.115. The summed E-state index contributed by atoms with van der Waals surface area (Å²) in [6.45, 7) is 4.13. The molecule has 5 nitrogen and oxygen atoms in total. The topological polar surface area (TPSA) is 57.1 Å². The third kappa shape index (κ3) is 3.55. The van der Waals surface area contributed by atoms with Crippen LogP contribution in [-0.2, 0) is 4.74 Å². The fraction of sp³-hybridized carbons (Fsp3) is 0.294. The number of nitrogens with zero attached hydrogens (tertiary/aromatic N) is 1. The van der Waals surface area contributed by atoms with Gasteiger partial charge < -0.3 is 14.2 Å². The SMILES string of the molecule is C\C=C(OC)/C(=C\C=C(/C)[C@H]1COc2ccccc2O1)N=O. The summed E-state index contributed by atoms with van der Waals surface area (Å²) < 4.78 is 16.7. The molecule has 1 heterocycles. The summed E-state index contributed by atoms with van der Waals surface area (Å²) in [6, 6.07) is 7.54. The van der Waals surface area contributed by atoms with Gasteiger partial charge in [-0.05, 0) is 48.9 Å². The van der Waals surface area contributed by atoms with Crippen LogP contribution in [0.25, 0.3) is 0 Å². The highest BCUT2D eigenvalue weighted by Crippen LogP contribution is 2.32. The number of methoxy groups -OCH3 is 1. The largest absolute Gasteiger partial charge is 0.495 e. The minimum absolute atomic E-state index is 0.198. The molecule has 0 fully saturated rings. The first-order chi connectivity index (χ1) is 10.7. The molecular weight excluding hydrogens is 282 g/mol. The summed E-state index contributed by atoms with van der Waals surface area (Å²) >= 11 is 0. The zero-order valence-corrected chi connectivity index (χ0v) is 12.9. The van der Waals surface area contributed by atoms with Gasteiger partial charge in [-0.2, -0.15) is 0 Å². The van der Waals surface area contributed by atoms with E-state index >= 15 is 0 Å². The Morgan fingerprint density at radius 1 is 1.32 bits per heavy atom. The van der Waals surface area contributed by atoms with Gasteiger partial charge in [0.25, 0.3) is 0 Å². The lowest BCUT2D eigenvalue weighted by atomic mass is 10.1. The van der Waals surface area contributed by atoms with Gasteiger partial charge in [-0.25, -0.2) is 0 Å². The monoisotopic (exact) mass is 301 g/mol. The molecule has 0 N–H and O–H groups in total. The minimum atomic E-state index is -0.198. The summed E-state index contributed by atoms with van der Waals surface area (Å²) in [7, 11) is 1.50. The lowest BCUT2D eigenvalue weighted by Gasteiger charge is -2.26. The van der Waals surface area contributed by atoms with Crippen LogP contribution >= 0.6 is 0 Å². The fourth-order valence-electron chi connectivity index (χ4n) is 2.09. The van der Waals surface area contributed by atoms with Crippen LogP contribution in [0.15, 0.2) is 64.7 Å². The molecule has 1 aliphatic rings. The van der Waals surface area contributed by atoms with Crippen molar-refractivity contribution in [3.63, 3.8) is 0 Å². The van der Waals surface area contributed by atoms with E-state index in [1.165, 1.54) is 7.11 Å². The second-order valence-electron chi connectivity index (χ2n) is 4.78. The van der Waals surface area contributed by atoms with Crippen molar-refractivity contribution in [1.29, 1.82) is 0 Å². The highest BCUT2D eigenvalue weighted by Gasteiger charge is 2.21.